The van der Waals surface area contributed by atoms with Gasteiger partial charge in [0.1, 0.15) is 0 Å². The van der Waals surface area contributed by atoms with E-state index < -0.39 is 0 Å². The highest BCUT2D eigenvalue weighted by molar-refractivity contribution is 5.75. The number of urea groups is 1. The zero-order valence-corrected chi connectivity index (χ0v) is 15.1. The van der Waals surface area contributed by atoms with Crippen LogP contribution >= 0.6 is 0 Å². The number of fused-ring (bicyclic) bond motifs is 1. The molecule has 4 heteroatoms. The summed E-state index contributed by atoms with van der Waals surface area (Å²) in [5, 5.41) is 3.24. The Labute approximate surface area is 141 Å². The minimum atomic E-state index is 0.137. The van der Waals surface area contributed by atoms with Crippen molar-refractivity contribution >= 4 is 6.03 Å². The number of nitrogens with one attached hydrogen (secondary N) is 1. The number of amides is 2. The molecule has 0 radical (unpaired) electrons. The number of hydrogen-bond acceptors (Lipinski definition) is 2. The fraction of sp³-hybridized carbons (Fsp3) is 0.947. The second-order valence-electron chi connectivity index (χ2n) is 8.84. The van der Waals surface area contributed by atoms with Gasteiger partial charge < -0.3 is 15.0 Å². The number of nitrogens with zero attached hydrogens (tertiary/aromatic N) is 1. The Bertz CT molecular complexity index is 418. The molecule has 0 bridgehead atoms. The van der Waals surface area contributed by atoms with Crippen molar-refractivity contribution in [3.63, 3.8) is 0 Å². The van der Waals surface area contributed by atoms with Gasteiger partial charge in [0, 0.05) is 31.7 Å². The first kappa shape index (κ1) is 17.1. The number of carbonyl (C=O) groups is 1. The fourth-order valence-electron chi connectivity index (χ4n) is 4.99. The molecule has 0 unspecified atom stereocenters. The topological polar surface area (TPSA) is 41.6 Å². The van der Waals surface area contributed by atoms with E-state index in [-0.39, 0.29) is 17.6 Å². The van der Waals surface area contributed by atoms with Crippen molar-refractivity contribution in [2.24, 2.45) is 17.3 Å². The van der Waals surface area contributed by atoms with Crippen LogP contribution in [0, 0.1) is 17.3 Å². The van der Waals surface area contributed by atoms with Crippen LogP contribution in [0.25, 0.3) is 0 Å². The van der Waals surface area contributed by atoms with E-state index in [1.54, 1.807) is 0 Å². The molecule has 3 aliphatic rings. The summed E-state index contributed by atoms with van der Waals surface area (Å²) in [7, 11) is 0. The Hall–Kier alpha value is -0.770. The van der Waals surface area contributed by atoms with E-state index in [1.807, 2.05) is 0 Å². The predicted molar refractivity (Wildman–Crippen MR) is 92.4 cm³/mol. The van der Waals surface area contributed by atoms with Crippen LogP contribution in [0.5, 0.6) is 0 Å². The van der Waals surface area contributed by atoms with E-state index in [2.05, 4.69) is 31.0 Å². The summed E-state index contributed by atoms with van der Waals surface area (Å²) in [6, 6.07) is 0.669. The highest BCUT2D eigenvalue weighted by atomic mass is 16.5. The number of rotatable bonds is 2. The molecule has 3 fully saturated rings. The van der Waals surface area contributed by atoms with E-state index in [9.17, 15) is 4.79 Å². The van der Waals surface area contributed by atoms with Crippen LogP contribution in [0.3, 0.4) is 0 Å². The van der Waals surface area contributed by atoms with Gasteiger partial charge in [0.25, 0.3) is 0 Å². The smallest absolute Gasteiger partial charge is 0.317 e. The van der Waals surface area contributed by atoms with Crippen molar-refractivity contribution < 1.29 is 9.53 Å². The Morgan fingerprint density at radius 3 is 2.70 bits per heavy atom. The quantitative estimate of drug-likeness (QED) is 0.840. The highest BCUT2D eigenvalue weighted by Crippen LogP contribution is 2.36. The molecule has 23 heavy (non-hydrogen) atoms. The molecular formula is C19H34N2O2. The molecule has 0 aromatic heterocycles. The molecular weight excluding hydrogens is 288 g/mol. The zero-order valence-electron chi connectivity index (χ0n) is 15.1. The van der Waals surface area contributed by atoms with Crippen molar-refractivity contribution in [1.29, 1.82) is 0 Å². The minimum Gasteiger partial charge on any atom is -0.377 e. The fourth-order valence-corrected chi connectivity index (χ4v) is 4.99. The molecule has 4 nitrogen and oxygen atoms in total. The summed E-state index contributed by atoms with van der Waals surface area (Å²) < 4.78 is 6.03. The van der Waals surface area contributed by atoms with Crippen molar-refractivity contribution in [3.05, 3.63) is 0 Å². The van der Waals surface area contributed by atoms with Gasteiger partial charge in [0.15, 0.2) is 0 Å². The van der Waals surface area contributed by atoms with Crippen molar-refractivity contribution in [3.8, 4) is 0 Å². The Morgan fingerprint density at radius 2 is 1.91 bits per heavy atom. The van der Waals surface area contributed by atoms with Gasteiger partial charge in [-0.05, 0) is 43.4 Å². The molecule has 4 atom stereocenters. The van der Waals surface area contributed by atoms with Crippen LogP contribution in [-0.4, -0.2) is 42.8 Å². The number of ether oxygens (including phenoxy) is 1. The predicted octanol–water partition coefficient (Wildman–Crippen LogP) is 3.80. The van der Waals surface area contributed by atoms with Gasteiger partial charge in [0.05, 0.1) is 6.10 Å². The standard InChI is InChI=1S/C19H34N2O2/c1-19(2,3)17-15(8-6-12-23-17)13-20-18(22)21-11-10-14-7-4-5-9-16(14)21/h14-17H,4-13H2,1-3H3,(H,20,22)/t14-,15-,16-,17-/m1/s1. The summed E-state index contributed by atoms with van der Waals surface area (Å²) in [6.07, 6.45) is 8.88. The zero-order chi connectivity index (χ0) is 16.4. The maximum atomic E-state index is 12.7. The van der Waals surface area contributed by atoms with Gasteiger partial charge in [-0.3, -0.25) is 0 Å². The first-order valence-electron chi connectivity index (χ1n) is 9.63. The molecule has 1 saturated carbocycles. The molecule has 2 saturated heterocycles. The second kappa shape index (κ2) is 7.00. The molecule has 132 valence electrons. The lowest BCUT2D eigenvalue weighted by atomic mass is 9.78. The van der Waals surface area contributed by atoms with Gasteiger partial charge >= 0.3 is 6.03 Å². The third kappa shape index (κ3) is 3.84. The van der Waals surface area contributed by atoms with Crippen molar-refractivity contribution in [2.45, 2.75) is 77.9 Å². The maximum absolute atomic E-state index is 12.7. The van der Waals surface area contributed by atoms with Gasteiger partial charge in [-0.1, -0.05) is 33.6 Å². The third-order valence-corrected chi connectivity index (χ3v) is 6.08. The minimum absolute atomic E-state index is 0.137. The summed E-state index contributed by atoms with van der Waals surface area (Å²) in [5.41, 5.74) is 0.137. The molecule has 1 N–H and O–H groups in total. The van der Waals surface area contributed by atoms with Crippen LogP contribution in [0.2, 0.25) is 0 Å². The van der Waals surface area contributed by atoms with Crippen LogP contribution in [0.1, 0.15) is 65.7 Å². The molecule has 1 aliphatic carbocycles. The molecule has 0 aromatic rings. The van der Waals surface area contributed by atoms with E-state index in [4.69, 9.17) is 4.74 Å². The maximum Gasteiger partial charge on any atom is 0.317 e. The lowest BCUT2D eigenvalue weighted by Gasteiger charge is -2.40. The van der Waals surface area contributed by atoms with Crippen LogP contribution in [0.4, 0.5) is 4.79 Å². The van der Waals surface area contributed by atoms with Gasteiger partial charge in [0.2, 0.25) is 0 Å². The van der Waals surface area contributed by atoms with Gasteiger partial charge in [-0.25, -0.2) is 4.79 Å². The SMILES string of the molecule is CC(C)(C)[C@@H]1OCCC[C@@H]1CNC(=O)N1CC[C@H]2CCCC[C@H]21. The summed E-state index contributed by atoms with van der Waals surface area (Å²) in [4.78, 5) is 14.8. The van der Waals surface area contributed by atoms with Crippen LogP contribution in [-0.2, 0) is 4.74 Å². The highest BCUT2D eigenvalue weighted by Gasteiger charge is 2.39. The lowest BCUT2D eigenvalue weighted by Crippen LogP contribution is -2.49. The Morgan fingerprint density at radius 1 is 1.13 bits per heavy atom. The summed E-state index contributed by atoms with van der Waals surface area (Å²) >= 11 is 0. The van der Waals surface area contributed by atoms with E-state index >= 15 is 0 Å². The van der Waals surface area contributed by atoms with E-state index in [1.165, 1.54) is 32.1 Å². The molecule has 2 amide bonds. The average Bonchev–Trinajstić information content (AvgIpc) is 2.96. The second-order valence-corrected chi connectivity index (χ2v) is 8.84. The van der Waals surface area contributed by atoms with Gasteiger partial charge in [-0.15, -0.1) is 0 Å². The van der Waals surface area contributed by atoms with Crippen LogP contribution < -0.4 is 5.32 Å². The largest absolute Gasteiger partial charge is 0.377 e. The normalized spacial score (nSPS) is 35.0. The Kier molecular flexibility index (Phi) is 5.19. The number of likely N-dealkylation sites (tertiary alicyclic amines) is 1. The summed E-state index contributed by atoms with van der Waals surface area (Å²) in [5.74, 6) is 1.20. The third-order valence-electron chi connectivity index (χ3n) is 6.08. The molecule has 0 aromatic carbocycles. The van der Waals surface area contributed by atoms with Crippen molar-refractivity contribution in [1.82, 2.24) is 10.2 Å². The van der Waals surface area contributed by atoms with E-state index in [0.717, 1.165) is 38.5 Å². The number of carbonyl (C=O) groups excluding carboxylic acids is 1. The number of hydrogen-bond donors (Lipinski definition) is 1. The molecule has 2 aliphatic heterocycles. The van der Waals surface area contributed by atoms with Gasteiger partial charge in [-0.2, -0.15) is 0 Å². The molecule has 2 heterocycles. The average molecular weight is 322 g/mol. The lowest BCUT2D eigenvalue weighted by molar-refractivity contribution is -0.0839. The van der Waals surface area contributed by atoms with Crippen molar-refractivity contribution in [2.75, 3.05) is 19.7 Å². The molecule has 0 spiro atoms. The monoisotopic (exact) mass is 322 g/mol. The summed E-state index contributed by atoms with van der Waals surface area (Å²) in [6.45, 7) is 9.29. The molecule has 3 rings (SSSR count). The van der Waals surface area contributed by atoms with Crippen LogP contribution in [0.15, 0.2) is 0 Å². The Balaban J connectivity index is 1.54. The van der Waals surface area contributed by atoms with E-state index in [0.29, 0.717) is 12.0 Å². The first-order chi connectivity index (χ1) is 11.0. The first-order valence-corrected chi connectivity index (χ1v) is 9.63.